The van der Waals surface area contributed by atoms with E-state index in [-0.39, 0.29) is 36.1 Å². The molecule has 0 fully saturated rings. The van der Waals surface area contributed by atoms with Crippen molar-refractivity contribution in [2.45, 2.75) is 19.6 Å². The molecule has 7 nitrogen and oxygen atoms in total. The van der Waals surface area contributed by atoms with Crippen molar-refractivity contribution in [2.75, 3.05) is 12.3 Å². The fourth-order valence-electron chi connectivity index (χ4n) is 3.19. The molecule has 0 radical (unpaired) electrons. The van der Waals surface area contributed by atoms with Crippen LogP contribution in [0.4, 0.5) is 14.6 Å². The monoisotopic (exact) mass is 473 g/mol. The number of anilines is 1. The number of carbonyl (C=O) groups excluding carboxylic acids is 1. The van der Waals surface area contributed by atoms with Crippen LogP contribution in [0.1, 0.15) is 29.7 Å². The van der Waals surface area contributed by atoms with E-state index in [0.29, 0.717) is 11.1 Å². The second-order valence-corrected chi connectivity index (χ2v) is 7.51. The number of nitrogens with two attached hydrogens (primary N) is 2. The van der Waals surface area contributed by atoms with E-state index in [1.807, 2.05) is 0 Å². The van der Waals surface area contributed by atoms with E-state index < -0.39 is 29.2 Å². The Morgan fingerprint density at radius 2 is 1.82 bits per heavy atom. The molecule has 1 heterocycles. The summed E-state index contributed by atoms with van der Waals surface area (Å²) in [6.45, 7) is 1.56. The number of halogens is 3. The second-order valence-electron chi connectivity index (χ2n) is 7.11. The standard InChI is InChI=1S/C23H22ClF2N5O2/c1-2-33-21(23(32)31(24)12-13-6-8-14(9-7-13)22(28)29)20-16(25)10-15(11-17(20)26)18-4-3-5-19(27)30-18/h3-11,21H,2,12H2,1H3,(H2,27,30)(H3,28,29). The molecule has 0 aliphatic heterocycles. The van der Waals surface area contributed by atoms with Crippen LogP contribution in [0.2, 0.25) is 0 Å². The molecule has 0 aliphatic rings. The fraction of sp³-hybridized carbons (Fsp3) is 0.174. The molecule has 1 atom stereocenters. The number of pyridine rings is 1. The molecule has 10 heteroatoms. The van der Waals surface area contributed by atoms with Crippen LogP contribution in [0.3, 0.4) is 0 Å². The van der Waals surface area contributed by atoms with Crippen LogP contribution >= 0.6 is 11.8 Å². The average Bonchev–Trinajstić information content (AvgIpc) is 2.77. The number of hydrogen-bond donors (Lipinski definition) is 3. The Bertz CT molecular complexity index is 1150. The average molecular weight is 474 g/mol. The van der Waals surface area contributed by atoms with Crippen molar-refractivity contribution in [3.63, 3.8) is 0 Å². The third-order valence-corrected chi connectivity index (χ3v) is 5.08. The van der Waals surface area contributed by atoms with Gasteiger partial charge in [-0.1, -0.05) is 30.3 Å². The minimum atomic E-state index is -1.59. The topological polar surface area (TPSA) is 118 Å². The minimum absolute atomic E-state index is 0.0197. The highest BCUT2D eigenvalue weighted by atomic mass is 35.5. The number of hydrogen-bond acceptors (Lipinski definition) is 5. The molecule has 0 saturated heterocycles. The zero-order valence-corrected chi connectivity index (χ0v) is 18.4. The Hall–Kier alpha value is -3.56. The first-order chi connectivity index (χ1) is 15.7. The first-order valence-corrected chi connectivity index (χ1v) is 10.3. The lowest BCUT2D eigenvalue weighted by molar-refractivity contribution is -0.139. The Morgan fingerprint density at radius 1 is 1.18 bits per heavy atom. The summed E-state index contributed by atoms with van der Waals surface area (Å²) in [5, 5.41) is 7.42. The number of rotatable bonds is 8. The van der Waals surface area contributed by atoms with Gasteiger partial charge in [0.1, 0.15) is 23.3 Å². The van der Waals surface area contributed by atoms with Crippen LogP contribution < -0.4 is 11.5 Å². The Kier molecular flexibility index (Phi) is 7.57. The number of aromatic nitrogens is 1. The number of nitrogen functional groups attached to an aromatic ring is 2. The first kappa shape index (κ1) is 24.1. The first-order valence-electron chi connectivity index (χ1n) is 9.95. The van der Waals surface area contributed by atoms with Crippen molar-refractivity contribution >= 4 is 29.3 Å². The number of carbonyl (C=O) groups is 1. The SMILES string of the molecule is CCOC(C(=O)N(Cl)Cc1ccc(C(=N)N)cc1)c1c(F)cc(-c2cccc(N)n2)cc1F. The van der Waals surface area contributed by atoms with Gasteiger partial charge < -0.3 is 16.2 Å². The number of benzene rings is 2. The van der Waals surface area contributed by atoms with Crippen molar-refractivity contribution in [2.24, 2.45) is 5.73 Å². The van der Waals surface area contributed by atoms with E-state index >= 15 is 8.78 Å². The summed E-state index contributed by atoms with van der Waals surface area (Å²) in [7, 11) is 0. The van der Waals surface area contributed by atoms with Gasteiger partial charge in [0.05, 0.1) is 17.8 Å². The lowest BCUT2D eigenvalue weighted by Crippen LogP contribution is -2.30. The van der Waals surface area contributed by atoms with Crippen LogP contribution in [0.15, 0.2) is 54.6 Å². The van der Waals surface area contributed by atoms with Crippen molar-refractivity contribution in [3.8, 4) is 11.3 Å². The predicted molar refractivity (Wildman–Crippen MR) is 122 cm³/mol. The molecule has 0 saturated carbocycles. The van der Waals surface area contributed by atoms with E-state index in [0.717, 1.165) is 16.6 Å². The largest absolute Gasteiger partial charge is 0.384 e. The molecule has 0 spiro atoms. The molecule has 1 amide bonds. The lowest BCUT2D eigenvalue weighted by Gasteiger charge is -2.23. The van der Waals surface area contributed by atoms with E-state index in [9.17, 15) is 4.79 Å². The van der Waals surface area contributed by atoms with Crippen molar-refractivity contribution < 1.29 is 18.3 Å². The third-order valence-electron chi connectivity index (χ3n) is 4.79. The molecule has 0 bridgehead atoms. The quantitative estimate of drug-likeness (QED) is 0.258. The molecule has 172 valence electrons. The summed E-state index contributed by atoms with van der Waals surface area (Å²) in [5.74, 6) is -2.68. The molecule has 1 aromatic heterocycles. The summed E-state index contributed by atoms with van der Waals surface area (Å²) < 4.78 is 36.2. The highest BCUT2D eigenvalue weighted by Gasteiger charge is 2.32. The highest BCUT2D eigenvalue weighted by molar-refractivity contribution is 6.21. The Morgan fingerprint density at radius 3 is 2.36 bits per heavy atom. The van der Waals surface area contributed by atoms with E-state index in [2.05, 4.69) is 4.98 Å². The molecular formula is C23H22ClF2N5O2. The summed E-state index contributed by atoms with van der Waals surface area (Å²) in [5.41, 5.74) is 12.1. The summed E-state index contributed by atoms with van der Waals surface area (Å²) >= 11 is 6.17. The zero-order valence-electron chi connectivity index (χ0n) is 17.7. The van der Waals surface area contributed by atoms with Gasteiger partial charge in [0.2, 0.25) is 0 Å². The van der Waals surface area contributed by atoms with Gasteiger partial charge in [0.15, 0.2) is 6.10 Å². The molecule has 3 rings (SSSR count). The van der Waals surface area contributed by atoms with Gasteiger partial charge in [-0.15, -0.1) is 0 Å². The van der Waals surface area contributed by atoms with Gasteiger partial charge in [-0.25, -0.2) is 18.2 Å². The number of amidine groups is 1. The van der Waals surface area contributed by atoms with Crippen LogP contribution in [0, 0.1) is 17.0 Å². The van der Waals surface area contributed by atoms with E-state index in [4.69, 9.17) is 33.4 Å². The van der Waals surface area contributed by atoms with Crippen molar-refractivity contribution in [1.29, 1.82) is 5.41 Å². The maximum absolute atomic E-state index is 15.0. The summed E-state index contributed by atoms with van der Waals surface area (Å²) in [6.07, 6.45) is -1.59. The maximum Gasteiger partial charge on any atom is 0.271 e. The van der Waals surface area contributed by atoms with Gasteiger partial charge in [0.25, 0.3) is 5.91 Å². The molecule has 33 heavy (non-hydrogen) atoms. The van der Waals surface area contributed by atoms with Crippen LogP contribution in [0.25, 0.3) is 11.3 Å². The summed E-state index contributed by atoms with van der Waals surface area (Å²) in [6, 6.07) is 13.4. The number of ether oxygens (including phenoxy) is 1. The Balaban J connectivity index is 1.88. The normalized spacial score (nSPS) is 11.8. The lowest BCUT2D eigenvalue weighted by atomic mass is 10.0. The Labute approximate surface area is 194 Å². The number of amides is 1. The van der Waals surface area contributed by atoms with Gasteiger partial charge in [-0.3, -0.25) is 10.2 Å². The van der Waals surface area contributed by atoms with Crippen LogP contribution in [-0.2, 0) is 16.1 Å². The number of nitrogens with one attached hydrogen (secondary N) is 1. The molecule has 3 aromatic rings. The zero-order chi connectivity index (χ0) is 24.1. The minimum Gasteiger partial charge on any atom is -0.384 e. The molecule has 5 N–H and O–H groups in total. The van der Waals surface area contributed by atoms with Gasteiger partial charge in [-0.2, -0.15) is 0 Å². The van der Waals surface area contributed by atoms with Gasteiger partial charge >= 0.3 is 0 Å². The molecular weight excluding hydrogens is 452 g/mol. The maximum atomic E-state index is 15.0. The third kappa shape index (κ3) is 5.63. The van der Waals surface area contributed by atoms with E-state index in [1.165, 1.54) is 0 Å². The predicted octanol–water partition coefficient (Wildman–Crippen LogP) is 4.15. The van der Waals surface area contributed by atoms with Gasteiger partial charge in [-0.05, 0) is 36.8 Å². The molecule has 0 aliphatic carbocycles. The van der Waals surface area contributed by atoms with Crippen molar-refractivity contribution in [3.05, 3.63) is 82.9 Å². The highest BCUT2D eigenvalue weighted by Crippen LogP contribution is 2.31. The van der Waals surface area contributed by atoms with Crippen LogP contribution in [0.5, 0.6) is 0 Å². The van der Waals surface area contributed by atoms with E-state index in [1.54, 1.807) is 49.4 Å². The number of nitrogens with zero attached hydrogens (tertiary/aromatic N) is 2. The van der Waals surface area contributed by atoms with Gasteiger partial charge in [0, 0.05) is 29.5 Å². The van der Waals surface area contributed by atoms with Crippen molar-refractivity contribution in [1.82, 2.24) is 9.40 Å². The molecule has 2 aromatic carbocycles. The van der Waals surface area contributed by atoms with Crippen LogP contribution in [-0.4, -0.2) is 27.8 Å². The fourth-order valence-corrected chi connectivity index (χ4v) is 3.42. The second kappa shape index (κ2) is 10.4. The smallest absolute Gasteiger partial charge is 0.271 e. The molecule has 1 unspecified atom stereocenters. The summed E-state index contributed by atoms with van der Waals surface area (Å²) in [4.78, 5) is 17.0.